The third kappa shape index (κ3) is 3.11. The molecule has 0 aliphatic carbocycles. The largest absolute Gasteiger partial charge is 0.454 e. The van der Waals surface area contributed by atoms with E-state index >= 15 is 0 Å². The van der Waals surface area contributed by atoms with Crippen LogP contribution in [0.5, 0.6) is 11.5 Å². The molecule has 0 aliphatic heterocycles. The Kier molecular flexibility index (Phi) is 4.29. The minimum absolute atomic E-state index is 0.131. The number of ether oxygens (including phenoxy) is 1. The number of halogens is 3. The summed E-state index contributed by atoms with van der Waals surface area (Å²) in [7, 11) is 0. The molecule has 0 amide bonds. The van der Waals surface area contributed by atoms with Crippen LogP contribution in [0, 0.1) is 17.5 Å². The Morgan fingerprint density at radius 2 is 1.60 bits per heavy atom. The van der Waals surface area contributed by atoms with Crippen molar-refractivity contribution in [2.75, 3.05) is 0 Å². The van der Waals surface area contributed by atoms with Crippen LogP contribution in [-0.4, -0.2) is 6.04 Å². The van der Waals surface area contributed by atoms with Crippen LogP contribution in [0.2, 0.25) is 0 Å². The number of nitrogens with two attached hydrogens (primary N) is 1. The lowest BCUT2D eigenvalue weighted by Crippen LogP contribution is -2.19. The number of rotatable bonds is 4. The molecule has 0 aromatic heterocycles. The molecule has 2 nitrogen and oxygen atoms in total. The van der Waals surface area contributed by atoms with Gasteiger partial charge in [-0.25, -0.2) is 8.78 Å². The van der Waals surface area contributed by atoms with Gasteiger partial charge in [0.05, 0.1) is 0 Å². The molecule has 0 radical (unpaired) electrons. The lowest BCUT2D eigenvalue weighted by Gasteiger charge is -2.14. The summed E-state index contributed by atoms with van der Waals surface area (Å²) in [4.78, 5) is 0. The van der Waals surface area contributed by atoms with Crippen LogP contribution in [0.1, 0.15) is 12.5 Å². The molecular weight excluding hydrogens is 267 g/mol. The van der Waals surface area contributed by atoms with Crippen molar-refractivity contribution in [2.45, 2.75) is 19.4 Å². The Morgan fingerprint density at radius 1 is 1.00 bits per heavy atom. The molecule has 0 fully saturated rings. The molecule has 2 rings (SSSR count). The molecule has 0 bridgehead atoms. The first kappa shape index (κ1) is 14.4. The minimum atomic E-state index is -1.11. The maximum Gasteiger partial charge on any atom is 0.201 e. The maximum absolute atomic E-state index is 13.8. The van der Waals surface area contributed by atoms with Gasteiger partial charge in [0.25, 0.3) is 0 Å². The van der Waals surface area contributed by atoms with Crippen molar-refractivity contribution in [3.63, 3.8) is 0 Å². The van der Waals surface area contributed by atoms with Gasteiger partial charge in [-0.2, -0.15) is 4.39 Å². The van der Waals surface area contributed by atoms with Gasteiger partial charge in [-0.05, 0) is 37.6 Å². The molecule has 0 saturated carbocycles. The molecule has 5 heteroatoms. The summed E-state index contributed by atoms with van der Waals surface area (Å²) in [6.45, 7) is 1.72. The average Bonchev–Trinajstić information content (AvgIpc) is 2.38. The Hall–Kier alpha value is -2.01. The van der Waals surface area contributed by atoms with E-state index < -0.39 is 17.5 Å². The first-order valence-corrected chi connectivity index (χ1v) is 6.14. The highest BCUT2D eigenvalue weighted by Crippen LogP contribution is 2.30. The molecule has 2 aromatic rings. The van der Waals surface area contributed by atoms with Gasteiger partial charge in [0.2, 0.25) is 5.82 Å². The fourth-order valence-electron chi connectivity index (χ4n) is 1.84. The van der Waals surface area contributed by atoms with Gasteiger partial charge in [-0.15, -0.1) is 0 Å². The second kappa shape index (κ2) is 5.96. The van der Waals surface area contributed by atoms with Crippen LogP contribution in [0.4, 0.5) is 13.2 Å². The van der Waals surface area contributed by atoms with Gasteiger partial charge in [0, 0.05) is 11.6 Å². The lowest BCUT2D eigenvalue weighted by molar-refractivity contribution is 0.408. The average molecular weight is 281 g/mol. The van der Waals surface area contributed by atoms with Gasteiger partial charge in [0.15, 0.2) is 11.6 Å². The standard InChI is InChI=1S/C15H14F3NO/c1-9(19)8-10-11(16)4-2-6-13(10)20-14-7-3-5-12(17)15(14)18/h2-7,9H,8,19H2,1H3. The fourth-order valence-corrected chi connectivity index (χ4v) is 1.84. The van der Waals surface area contributed by atoms with E-state index in [0.717, 1.165) is 6.07 Å². The monoisotopic (exact) mass is 281 g/mol. The Labute approximate surface area is 115 Å². The summed E-state index contributed by atoms with van der Waals surface area (Å²) in [5, 5.41) is 0. The van der Waals surface area contributed by atoms with Gasteiger partial charge in [0.1, 0.15) is 11.6 Å². The Balaban J connectivity index is 2.38. The minimum Gasteiger partial charge on any atom is -0.454 e. The lowest BCUT2D eigenvalue weighted by atomic mass is 10.1. The SMILES string of the molecule is CC(N)Cc1c(F)cccc1Oc1cccc(F)c1F. The van der Waals surface area contributed by atoms with Crippen LogP contribution in [0.15, 0.2) is 36.4 Å². The number of hydrogen-bond acceptors (Lipinski definition) is 2. The molecule has 2 N–H and O–H groups in total. The van der Waals surface area contributed by atoms with Crippen molar-refractivity contribution in [2.24, 2.45) is 5.73 Å². The van der Waals surface area contributed by atoms with E-state index in [2.05, 4.69) is 0 Å². The molecule has 1 unspecified atom stereocenters. The van der Waals surface area contributed by atoms with Crippen LogP contribution in [-0.2, 0) is 6.42 Å². The Morgan fingerprint density at radius 3 is 2.25 bits per heavy atom. The van der Waals surface area contributed by atoms with E-state index in [1.165, 1.54) is 30.3 Å². The van der Waals surface area contributed by atoms with E-state index in [9.17, 15) is 13.2 Å². The molecule has 0 aliphatic rings. The summed E-state index contributed by atoms with van der Waals surface area (Å²) in [6, 6.07) is 7.49. The first-order chi connectivity index (χ1) is 9.49. The first-order valence-electron chi connectivity index (χ1n) is 6.14. The molecule has 20 heavy (non-hydrogen) atoms. The zero-order valence-electron chi connectivity index (χ0n) is 10.9. The highest BCUT2D eigenvalue weighted by atomic mass is 19.2. The summed E-state index contributed by atoms with van der Waals surface area (Å²) in [6.07, 6.45) is 0.235. The summed E-state index contributed by atoms with van der Waals surface area (Å²) in [5.41, 5.74) is 5.90. The summed E-state index contributed by atoms with van der Waals surface area (Å²) in [5.74, 6) is -2.78. The molecule has 0 heterocycles. The zero-order chi connectivity index (χ0) is 14.7. The highest BCUT2D eigenvalue weighted by Gasteiger charge is 2.15. The van der Waals surface area contributed by atoms with Crippen molar-refractivity contribution >= 4 is 0 Å². The topological polar surface area (TPSA) is 35.2 Å². The van der Waals surface area contributed by atoms with Crippen molar-refractivity contribution in [1.82, 2.24) is 0 Å². The van der Waals surface area contributed by atoms with Gasteiger partial charge in [-0.1, -0.05) is 12.1 Å². The van der Waals surface area contributed by atoms with E-state index in [-0.39, 0.29) is 29.5 Å². The molecular formula is C15H14F3NO. The Bertz CT molecular complexity index is 614. The maximum atomic E-state index is 13.8. The smallest absolute Gasteiger partial charge is 0.201 e. The third-order valence-electron chi connectivity index (χ3n) is 2.74. The van der Waals surface area contributed by atoms with Crippen LogP contribution < -0.4 is 10.5 Å². The van der Waals surface area contributed by atoms with Crippen LogP contribution >= 0.6 is 0 Å². The van der Waals surface area contributed by atoms with Crippen LogP contribution in [0.25, 0.3) is 0 Å². The normalized spacial score (nSPS) is 12.2. The quantitative estimate of drug-likeness (QED) is 0.925. The second-order valence-corrected chi connectivity index (χ2v) is 4.55. The van der Waals surface area contributed by atoms with E-state index in [4.69, 9.17) is 10.5 Å². The summed E-state index contributed by atoms with van der Waals surface area (Å²) < 4.78 is 45.8. The third-order valence-corrected chi connectivity index (χ3v) is 2.74. The van der Waals surface area contributed by atoms with Crippen molar-refractivity contribution in [3.8, 4) is 11.5 Å². The van der Waals surface area contributed by atoms with E-state index in [1.807, 2.05) is 0 Å². The molecule has 0 saturated heterocycles. The predicted molar refractivity (Wildman–Crippen MR) is 70.2 cm³/mol. The van der Waals surface area contributed by atoms with Crippen LogP contribution in [0.3, 0.4) is 0 Å². The summed E-state index contributed by atoms with van der Waals surface area (Å²) >= 11 is 0. The zero-order valence-corrected chi connectivity index (χ0v) is 10.9. The van der Waals surface area contributed by atoms with E-state index in [1.54, 1.807) is 6.92 Å². The predicted octanol–water partition coefficient (Wildman–Crippen LogP) is 3.79. The number of hydrogen-bond donors (Lipinski definition) is 1. The molecule has 1 atom stereocenters. The van der Waals surface area contributed by atoms with Gasteiger partial charge < -0.3 is 10.5 Å². The van der Waals surface area contributed by atoms with Crippen molar-refractivity contribution in [1.29, 1.82) is 0 Å². The highest BCUT2D eigenvalue weighted by molar-refractivity contribution is 5.39. The molecule has 106 valence electrons. The number of benzene rings is 2. The van der Waals surface area contributed by atoms with E-state index in [0.29, 0.717) is 0 Å². The van der Waals surface area contributed by atoms with Crippen molar-refractivity contribution < 1.29 is 17.9 Å². The van der Waals surface area contributed by atoms with Gasteiger partial charge in [-0.3, -0.25) is 0 Å². The molecule has 0 spiro atoms. The molecule has 2 aromatic carbocycles. The fraction of sp³-hybridized carbons (Fsp3) is 0.200. The second-order valence-electron chi connectivity index (χ2n) is 4.55. The van der Waals surface area contributed by atoms with Gasteiger partial charge >= 0.3 is 0 Å². The van der Waals surface area contributed by atoms with Crippen molar-refractivity contribution in [3.05, 3.63) is 59.4 Å².